The molecule has 4 nitrogen and oxygen atoms in total. The number of nitrogens with zero attached hydrogens (tertiary/aromatic N) is 2. The van der Waals surface area contributed by atoms with Crippen LogP contribution in [0.3, 0.4) is 0 Å². The average molecular weight is 316 g/mol. The summed E-state index contributed by atoms with van der Waals surface area (Å²) in [4.78, 5) is 16.8. The van der Waals surface area contributed by atoms with Crippen LogP contribution >= 0.6 is 0 Å². The fourth-order valence-corrected chi connectivity index (χ4v) is 3.57. The predicted octanol–water partition coefficient (Wildman–Crippen LogP) is 3.06. The second kappa shape index (κ2) is 7.82. The van der Waals surface area contributed by atoms with E-state index < -0.39 is 0 Å². The molecule has 3 rings (SSSR count). The van der Waals surface area contributed by atoms with E-state index in [9.17, 15) is 4.79 Å². The number of anilines is 1. The van der Waals surface area contributed by atoms with E-state index >= 15 is 0 Å². The van der Waals surface area contributed by atoms with Gasteiger partial charge in [-0.2, -0.15) is 0 Å². The zero-order valence-electron chi connectivity index (χ0n) is 14.2. The molecule has 0 saturated carbocycles. The van der Waals surface area contributed by atoms with Crippen molar-refractivity contribution in [1.82, 2.24) is 4.90 Å². The Kier molecular flexibility index (Phi) is 5.55. The highest BCUT2D eigenvalue weighted by Gasteiger charge is 2.24. The lowest BCUT2D eigenvalue weighted by Crippen LogP contribution is -2.35. The van der Waals surface area contributed by atoms with Gasteiger partial charge in [-0.15, -0.1) is 0 Å². The van der Waals surface area contributed by atoms with Crippen LogP contribution < -0.4 is 4.90 Å². The lowest BCUT2D eigenvalue weighted by molar-refractivity contribution is -0.137. The zero-order valence-corrected chi connectivity index (χ0v) is 14.2. The molecule has 1 amide bonds. The van der Waals surface area contributed by atoms with Crippen molar-refractivity contribution in [3.8, 4) is 0 Å². The molecule has 0 N–H and O–H groups in total. The fraction of sp³-hybridized carbons (Fsp3) is 0.632. The van der Waals surface area contributed by atoms with Gasteiger partial charge < -0.3 is 14.5 Å². The van der Waals surface area contributed by atoms with Crippen molar-refractivity contribution in [1.29, 1.82) is 0 Å². The molecule has 0 atom stereocenters. The Bertz CT molecular complexity index is 503. The van der Waals surface area contributed by atoms with Crippen LogP contribution in [-0.4, -0.2) is 44.2 Å². The quantitative estimate of drug-likeness (QED) is 0.856. The summed E-state index contributed by atoms with van der Waals surface area (Å²) >= 11 is 0. The van der Waals surface area contributed by atoms with Crippen molar-refractivity contribution in [2.45, 2.75) is 38.6 Å². The molecule has 126 valence electrons. The van der Waals surface area contributed by atoms with Crippen LogP contribution in [0.4, 0.5) is 5.69 Å². The SMILES string of the molecule is CN(Cc1ccc(N2CCCCC2)cc1)C(=O)C1CCOCC1. The first-order valence-electron chi connectivity index (χ1n) is 8.90. The molecule has 2 saturated heterocycles. The van der Waals surface area contributed by atoms with Gasteiger partial charge in [-0.25, -0.2) is 0 Å². The molecule has 0 bridgehead atoms. The third kappa shape index (κ3) is 4.25. The van der Waals surface area contributed by atoms with E-state index in [2.05, 4.69) is 29.2 Å². The van der Waals surface area contributed by atoms with Crippen molar-refractivity contribution < 1.29 is 9.53 Å². The second-order valence-corrected chi connectivity index (χ2v) is 6.80. The van der Waals surface area contributed by atoms with E-state index in [1.165, 1.54) is 43.6 Å². The van der Waals surface area contributed by atoms with Gasteiger partial charge in [0.05, 0.1) is 0 Å². The smallest absolute Gasteiger partial charge is 0.225 e. The van der Waals surface area contributed by atoms with Crippen LogP contribution in [-0.2, 0) is 16.1 Å². The summed E-state index contributed by atoms with van der Waals surface area (Å²) in [5, 5.41) is 0. The van der Waals surface area contributed by atoms with E-state index in [4.69, 9.17) is 4.74 Å². The summed E-state index contributed by atoms with van der Waals surface area (Å²) < 4.78 is 5.34. The molecule has 2 aliphatic heterocycles. The number of hydrogen-bond acceptors (Lipinski definition) is 3. The summed E-state index contributed by atoms with van der Waals surface area (Å²) in [6.07, 6.45) is 5.66. The van der Waals surface area contributed by atoms with Gasteiger partial charge in [-0.1, -0.05) is 12.1 Å². The third-order valence-electron chi connectivity index (χ3n) is 5.02. The normalized spacial score (nSPS) is 19.6. The van der Waals surface area contributed by atoms with Crippen molar-refractivity contribution in [2.75, 3.05) is 38.3 Å². The minimum atomic E-state index is 0.140. The maximum atomic E-state index is 12.5. The highest BCUT2D eigenvalue weighted by Crippen LogP contribution is 2.22. The Labute approximate surface area is 139 Å². The second-order valence-electron chi connectivity index (χ2n) is 6.80. The van der Waals surface area contributed by atoms with Crippen LogP contribution in [0, 0.1) is 5.92 Å². The maximum absolute atomic E-state index is 12.5. The minimum absolute atomic E-state index is 0.140. The van der Waals surface area contributed by atoms with Gasteiger partial charge in [0.25, 0.3) is 0 Å². The van der Waals surface area contributed by atoms with Gasteiger partial charge >= 0.3 is 0 Å². The zero-order chi connectivity index (χ0) is 16.1. The first-order chi connectivity index (χ1) is 11.2. The van der Waals surface area contributed by atoms with Gasteiger partial charge in [0.1, 0.15) is 0 Å². The van der Waals surface area contributed by atoms with Crippen LogP contribution in [0.1, 0.15) is 37.7 Å². The Morgan fingerprint density at radius 3 is 2.43 bits per heavy atom. The molecule has 0 aliphatic carbocycles. The van der Waals surface area contributed by atoms with Crippen molar-refractivity contribution >= 4 is 11.6 Å². The molecule has 23 heavy (non-hydrogen) atoms. The number of hydrogen-bond donors (Lipinski definition) is 0. The molecule has 4 heteroatoms. The summed E-state index contributed by atoms with van der Waals surface area (Å²) in [6, 6.07) is 8.73. The third-order valence-corrected chi connectivity index (χ3v) is 5.02. The molecule has 0 radical (unpaired) electrons. The first-order valence-corrected chi connectivity index (χ1v) is 8.90. The number of ether oxygens (including phenoxy) is 1. The lowest BCUT2D eigenvalue weighted by atomic mass is 9.98. The van der Waals surface area contributed by atoms with E-state index in [1.807, 2.05) is 11.9 Å². The van der Waals surface area contributed by atoms with Crippen LogP contribution in [0.25, 0.3) is 0 Å². The Morgan fingerprint density at radius 1 is 1.13 bits per heavy atom. The summed E-state index contributed by atoms with van der Waals surface area (Å²) in [6.45, 7) is 4.46. The standard InChI is InChI=1S/C19H28N2O2/c1-20(19(22)17-9-13-23-14-10-17)15-16-5-7-18(8-6-16)21-11-3-2-4-12-21/h5-8,17H,2-4,9-15H2,1H3. The topological polar surface area (TPSA) is 32.8 Å². The lowest BCUT2D eigenvalue weighted by Gasteiger charge is -2.29. The highest BCUT2D eigenvalue weighted by molar-refractivity contribution is 5.78. The summed E-state index contributed by atoms with van der Waals surface area (Å²) in [5.41, 5.74) is 2.51. The minimum Gasteiger partial charge on any atom is -0.381 e. The van der Waals surface area contributed by atoms with E-state index in [-0.39, 0.29) is 11.8 Å². The molecule has 0 unspecified atom stereocenters. The van der Waals surface area contributed by atoms with Gasteiger partial charge in [-0.05, 0) is 49.8 Å². The number of rotatable bonds is 4. The Hall–Kier alpha value is -1.55. The summed E-state index contributed by atoms with van der Waals surface area (Å²) in [7, 11) is 1.91. The molecular weight excluding hydrogens is 288 g/mol. The monoisotopic (exact) mass is 316 g/mol. The van der Waals surface area contributed by atoms with E-state index in [0.717, 1.165) is 26.1 Å². The number of amides is 1. The van der Waals surface area contributed by atoms with Crippen molar-refractivity contribution in [3.63, 3.8) is 0 Å². The fourth-order valence-electron chi connectivity index (χ4n) is 3.57. The van der Waals surface area contributed by atoms with E-state index in [1.54, 1.807) is 0 Å². The van der Waals surface area contributed by atoms with Crippen LogP contribution in [0.5, 0.6) is 0 Å². The molecule has 2 fully saturated rings. The molecular formula is C19H28N2O2. The molecule has 0 spiro atoms. The summed E-state index contributed by atoms with van der Waals surface area (Å²) in [5.74, 6) is 0.398. The van der Waals surface area contributed by atoms with Gasteiger partial charge in [0, 0.05) is 51.5 Å². The average Bonchev–Trinajstić information content (AvgIpc) is 2.63. The Morgan fingerprint density at radius 2 is 1.78 bits per heavy atom. The maximum Gasteiger partial charge on any atom is 0.225 e. The largest absolute Gasteiger partial charge is 0.381 e. The molecule has 0 aromatic heterocycles. The molecule has 2 heterocycles. The number of carbonyl (C=O) groups is 1. The van der Waals surface area contributed by atoms with Gasteiger partial charge in [-0.3, -0.25) is 4.79 Å². The highest BCUT2D eigenvalue weighted by atomic mass is 16.5. The van der Waals surface area contributed by atoms with Crippen molar-refractivity contribution in [2.24, 2.45) is 5.92 Å². The Balaban J connectivity index is 1.55. The van der Waals surface area contributed by atoms with Crippen LogP contribution in [0.15, 0.2) is 24.3 Å². The van der Waals surface area contributed by atoms with Crippen molar-refractivity contribution in [3.05, 3.63) is 29.8 Å². The first kappa shape index (κ1) is 16.3. The molecule has 1 aromatic carbocycles. The molecule has 2 aliphatic rings. The molecule has 1 aromatic rings. The van der Waals surface area contributed by atoms with Gasteiger partial charge in [0.15, 0.2) is 0 Å². The number of benzene rings is 1. The van der Waals surface area contributed by atoms with E-state index in [0.29, 0.717) is 6.54 Å². The number of carbonyl (C=O) groups excluding carboxylic acids is 1. The van der Waals surface area contributed by atoms with Gasteiger partial charge in [0.2, 0.25) is 5.91 Å². The van der Waals surface area contributed by atoms with Crippen LogP contribution in [0.2, 0.25) is 0 Å². The predicted molar refractivity (Wildman–Crippen MR) is 92.5 cm³/mol. The number of piperidine rings is 1.